The topological polar surface area (TPSA) is 53.6 Å². The molecule has 2 heterocycles. The summed E-state index contributed by atoms with van der Waals surface area (Å²) in [6.45, 7) is 0.920. The van der Waals surface area contributed by atoms with Gasteiger partial charge in [-0.1, -0.05) is 72.8 Å². The number of fused-ring (bicyclic) bond motifs is 4. The Bertz CT molecular complexity index is 1340. The second-order valence-electron chi connectivity index (χ2n) is 7.96. The molecular weight excluding hydrogens is 380 g/mol. The monoisotopic (exact) mass is 402 g/mol. The number of aromatic amines is 1. The summed E-state index contributed by atoms with van der Waals surface area (Å²) in [4.78, 5) is 12.5. The summed E-state index contributed by atoms with van der Waals surface area (Å²) in [6.07, 6.45) is 4.62. The Morgan fingerprint density at radius 3 is 2.52 bits per heavy atom. The number of hydrogen-bond donors (Lipinski definition) is 2. The van der Waals surface area contributed by atoms with Gasteiger partial charge in [-0.2, -0.15) is 0 Å². The molecule has 5 aromatic rings. The first-order valence-electron chi connectivity index (χ1n) is 10.7. The quantitative estimate of drug-likeness (QED) is 0.407. The Hall–Kier alpha value is -3.76. The summed E-state index contributed by atoms with van der Waals surface area (Å²) in [5.74, 6) is 0.889. The summed E-state index contributed by atoms with van der Waals surface area (Å²) in [5, 5.41) is 3.81. The Labute approximate surface area is 181 Å². The van der Waals surface area contributed by atoms with Gasteiger partial charge in [-0.15, -0.1) is 0 Å². The molecule has 0 aliphatic heterocycles. The third-order valence-electron chi connectivity index (χ3n) is 6.09. The standard InChI is InChI=1S/C27H22N4/c1-2-7-18(8-3-1)13-16-29-26-20-10-5-4-9-19(20)25-21(26)11-6-12-22(25)27-30-23-14-15-28-17-24(23)31-27/h1-12,14-15,17,26,29H,13,16H2,(H,30,31). The fraction of sp³-hybridized carbons (Fsp3) is 0.111. The maximum absolute atomic E-state index is 4.84. The molecule has 4 nitrogen and oxygen atoms in total. The molecule has 0 bridgehead atoms. The Morgan fingerprint density at radius 2 is 1.61 bits per heavy atom. The molecule has 0 saturated heterocycles. The Kier molecular flexibility index (Phi) is 4.36. The van der Waals surface area contributed by atoms with Crippen molar-refractivity contribution < 1.29 is 0 Å². The van der Waals surface area contributed by atoms with Gasteiger partial charge in [-0.05, 0) is 40.3 Å². The molecule has 0 amide bonds. The van der Waals surface area contributed by atoms with Gasteiger partial charge < -0.3 is 10.3 Å². The number of hydrogen-bond acceptors (Lipinski definition) is 3. The molecular formula is C27H22N4. The van der Waals surface area contributed by atoms with Crippen molar-refractivity contribution in [2.24, 2.45) is 0 Å². The minimum atomic E-state index is 0.181. The summed E-state index contributed by atoms with van der Waals surface area (Å²) in [7, 11) is 0. The average Bonchev–Trinajstić information content (AvgIpc) is 3.40. The first-order valence-corrected chi connectivity index (χ1v) is 10.7. The van der Waals surface area contributed by atoms with E-state index in [2.05, 4.69) is 88.1 Å². The molecule has 1 atom stereocenters. The van der Waals surface area contributed by atoms with Gasteiger partial charge in [0.15, 0.2) is 0 Å². The highest BCUT2D eigenvalue weighted by Gasteiger charge is 2.30. The number of benzene rings is 3. The van der Waals surface area contributed by atoms with E-state index in [1.807, 2.05) is 12.3 Å². The lowest BCUT2D eigenvalue weighted by molar-refractivity contribution is 0.616. The van der Waals surface area contributed by atoms with Crippen molar-refractivity contribution >= 4 is 11.0 Å². The molecule has 1 unspecified atom stereocenters. The van der Waals surface area contributed by atoms with E-state index in [9.17, 15) is 0 Å². The third kappa shape index (κ3) is 3.13. The van der Waals surface area contributed by atoms with E-state index in [0.717, 1.165) is 35.4 Å². The van der Waals surface area contributed by atoms with E-state index in [1.54, 1.807) is 6.20 Å². The number of rotatable bonds is 5. The molecule has 1 aliphatic rings. The number of H-pyrrole nitrogens is 1. The van der Waals surface area contributed by atoms with Crippen LogP contribution in [0, 0.1) is 0 Å². The zero-order chi connectivity index (χ0) is 20.6. The molecule has 0 radical (unpaired) electrons. The van der Waals surface area contributed by atoms with E-state index in [4.69, 9.17) is 4.98 Å². The first kappa shape index (κ1) is 18.0. The van der Waals surface area contributed by atoms with Gasteiger partial charge in [-0.25, -0.2) is 4.98 Å². The van der Waals surface area contributed by atoms with Crippen LogP contribution < -0.4 is 5.32 Å². The summed E-state index contributed by atoms with van der Waals surface area (Å²) >= 11 is 0. The fourth-order valence-corrected chi connectivity index (χ4v) is 4.66. The Balaban J connectivity index is 1.40. The van der Waals surface area contributed by atoms with Gasteiger partial charge in [-0.3, -0.25) is 4.98 Å². The number of nitrogens with one attached hydrogen (secondary N) is 2. The van der Waals surface area contributed by atoms with Gasteiger partial charge in [0, 0.05) is 18.3 Å². The van der Waals surface area contributed by atoms with E-state index in [1.165, 1.54) is 27.8 Å². The highest BCUT2D eigenvalue weighted by Crippen LogP contribution is 2.47. The SMILES string of the molecule is c1ccc(CCNC2c3ccccc3-c3c(-c4nc5ccncc5[nH]4)cccc32)cc1. The summed E-state index contributed by atoms with van der Waals surface area (Å²) in [6, 6.07) is 28.0. The fourth-order valence-electron chi connectivity index (χ4n) is 4.66. The number of pyridine rings is 1. The Morgan fingerprint density at radius 1 is 0.806 bits per heavy atom. The van der Waals surface area contributed by atoms with Crippen molar-refractivity contribution in [2.75, 3.05) is 6.54 Å². The highest BCUT2D eigenvalue weighted by molar-refractivity contribution is 5.91. The number of aromatic nitrogens is 3. The van der Waals surface area contributed by atoms with Crippen molar-refractivity contribution in [1.82, 2.24) is 20.3 Å². The van der Waals surface area contributed by atoms with Crippen LogP contribution in [0.25, 0.3) is 33.5 Å². The van der Waals surface area contributed by atoms with Crippen LogP contribution in [0.2, 0.25) is 0 Å². The van der Waals surface area contributed by atoms with Crippen molar-refractivity contribution in [3.63, 3.8) is 0 Å². The number of imidazole rings is 1. The van der Waals surface area contributed by atoms with Crippen LogP contribution >= 0.6 is 0 Å². The molecule has 0 spiro atoms. The lowest BCUT2D eigenvalue weighted by Gasteiger charge is -2.16. The zero-order valence-electron chi connectivity index (χ0n) is 17.0. The van der Waals surface area contributed by atoms with Gasteiger partial charge in [0.1, 0.15) is 5.82 Å². The average molecular weight is 403 g/mol. The van der Waals surface area contributed by atoms with Gasteiger partial charge in [0.2, 0.25) is 0 Å². The van der Waals surface area contributed by atoms with Crippen LogP contribution in [0.5, 0.6) is 0 Å². The molecule has 6 rings (SSSR count). The van der Waals surface area contributed by atoms with Crippen molar-refractivity contribution in [3.8, 4) is 22.5 Å². The van der Waals surface area contributed by atoms with E-state index in [0.29, 0.717) is 0 Å². The normalized spacial score (nSPS) is 14.5. The predicted molar refractivity (Wildman–Crippen MR) is 125 cm³/mol. The smallest absolute Gasteiger partial charge is 0.139 e. The van der Waals surface area contributed by atoms with Crippen LogP contribution in [-0.4, -0.2) is 21.5 Å². The van der Waals surface area contributed by atoms with Gasteiger partial charge in [0.05, 0.1) is 23.3 Å². The zero-order valence-corrected chi connectivity index (χ0v) is 17.0. The molecule has 1 aliphatic carbocycles. The molecule has 0 saturated carbocycles. The van der Waals surface area contributed by atoms with Gasteiger partial charge in [0.25, 0.3) is 0 Å². The first-order chi connectivity index (χ1) is 15.4. The maximum atomic E-state index is 4.84. The molecule has 150 valence electrons. The second kappa shape index (κ2) is 7.49. The summed E-state index contributed by atoms with van der Waals surface area (Å²) < 4.78 is 0. The maximum Gasteiger partial charge on any atom is 0.139 e. The minimum Gasteiger partial charge on any atom is -0.337 e. The number of nitrogens with zero attached hydrogens (tertiary/aromatic N) is 2. The largest absolute Gasteiger partial charge is 0.337 e. The van der Waals surface area contributed by atoms with Crippen molar-refractivity contribution in [1.29, 1.82) is 0 Å². The summed E-state index contributed by atoms with van der Waals surface area (Å²) in [5.41, 5.74) is 9.57. The molecule has 4 heteroatoms. The van der Waals surface area contributed by atoms with E-state index >= 15 is 0 Å². The van der Waals surface area contributed by atoms with Gasteiger partial charge >= 0.3 is 0 Å². The lowest BCUT2D eigenvalue weighted by atomic mass is 9.99. The van der Waals surface area contributed by atoms with Crippen LogP contribution in [0.4, 0.5) is 0 Å². The predicted octanol–water partition coefficient (Wildman–Crippen LogP) is 5.53. The second-order valence-corrected chi connectivity index (χ2v) is 7.96. The molecule has 3 aromatic carbocycles. The molecule has 0 fully saturated rings. The van der Waals surface area contributed by atoms with E-state index < -0.39 is 0 Å². The molecule has 31 heavy (non-hydrogen) atoms. The van der Waals surface area contributed by atoms with Crippen molar-refractivity contribution in [2.45, 2.75) is 12.5 Å². The van der Waals surface area contributed by atoms with Crippen LogP contribution in [0.1, 0.15) is 22.7 Å². The molecule has 2 aromatic heterocycles. The van der Waals surface area contributed by atoms with Crippen LogP contribution in [0.3, 0.4) is 0 Å². The van der Waals surface area contributed by atoms with Crippen LogP contribution in [-0.2, 0) is 6.42 Å². The molecule has 2 N–H and O–H groups in total. The van der Waals surface area contributed by atoms with E-state index in [-0.39, 0.29) is 6.04 Å². The van der Waals surface area contributed by atoms with Crippen LogP contribution in [0.15, 0.2) is 91.3 Å². The third-order valence-corrected chi connectivity index (χ3v) is 6.09. The minimum absolute atomic E-state index is 0.181. The highest BCUT2D eigenvalue weighted by atomic mass is 14.9. The van der Waals surface area contributed by atoms with Crippen molar-refractivity contribution in [3.05, 3.63) is 108 Å². The lowest BCUT2D eigenvalue weighted by Crippen LogP contribution is -2.23.